The molecular weight excluding hydrogens is 260 g/mol. The highest BCUT2D eigenvalue weighted by molar-refractivity contribution is 5.92. The molecule has 0 radical (unpaired) electrons. The number of fused-ring (bicyclic) bond motifs is 1. The zero-order valence-electron chi connectivity index (χ0n) is 12.4. The molecule has 108 valence electrons. The molecule has 1 unspecified atom stereocenters. The van der Waals surface area contributed by atoms with Gasteiger partial charge in [-0.3, -0.25) is 4.79 Å². The number of carbonyl (C=O) groups excluding carboxylic acids is 1. The molecule has 0 fully saturated rings. The summed E-state index contributed by atoms with van der Waals surface area (Å²) in [6.45, 7) is 4.88. The van der Waals surface area contributed by atoms with Crippen LogP contribution in [0.3, 0.4) is 0 Å². The molecule has 3 nitrogen and oxygen atoms in total. The van der Waals surface area contributed by atoms with Crippen molar-refractivity contribution < 1.29 is 4.79 Å². The molecule has 0 aliphatic carbocycles. The first kappa shape index (κ1) is 13.7. The van der Waals surface area contributed by atoms with Gasteiger partial charge in [-0.15, -0.1) is 0 Å². The minimum Gasteiger partial charge on any atom is -0.384 e. The van der Waals surface area contributed by atoms with Crippen LogP contribution in [0.5, 0.6) is 0 Å². The summed E-state index contributed by atoms with van der Waals surface area (Å²) in [5, 5.41) is 6.40. The fourth-order valence-corrected chi connectivity index (χ4v) is 2.83. The predicted octanol–water partition coefficient (Wildman–Crippen LogP) is 3.84. The van der Waals surface area contributed by atoms with E-state index >= 15 is 0 Å². The smallest absolute Gasteiger partial charge is 0.225 e. The van der Waals surface area contributed by atoms with Crippen LogP contribution in [0, 0.1) is 13.8 Å². The summed E-state index contributed by atoms with van der Waals surface area (Å²) in [7, 11) is 0. The van der Waals surface area contributed by atoms with Crippen LogP contribution in [0.15, 0.2) is 42.5 Å². The number of amides is 1. The van der Waals surface area contributed by atoms with Crippen LogP contribution in [0.25, 0.3) is 0 Å². The fourth-order valence-electron chi connectivity index (χ4n) is 2.83. The minimum absolute atomic E-state index is 0.0761. The van der Waals surface area contributed by atoms with Crippen LogP contribution in [0.4, 0.5) is 11.4 Å². The molecule has 21 heavy (non-hydrogen) atoms. The first-order valence-electron chi connectivity index (χ1n) is 7.33. The van der Waals surface area contributed by atoms with Crippen molar-refractivity contribution in [2.45, 2.75) is 26.2 Å². The third-order valence-electron chi connectivity index (χ3n) is 4.04. The Hall–Kier alpha value is -2.29. The number of para-hydroxylation sites is 1. The number of benzene rings is 2. The van der Waals surface area contributed by atoms with Gasteiger partial charge in [0.15, 0.2) is 0 Å². The van der Waals surface area contributed by atoms with E-state index in [-0.39, 0.29) is 11.8 Å². The third-order valence-corrected chi connectivity index (χ3v) is 4.04. The lowest BCUT2D eigenvalue weighted by Gasteiger charge is -2.12. The molecule has 1 amide bonds. The SMILES string of the molecule is Cc1ccc(C)c(NC(=O)CC2CNc3ccccc32)c1. The molecular formula is C18H20N2O. The second-order valence-electron chi connectivity index (χ2n) is 5.74. The molecule has 0 bridgehead atoms. The van der Waals surface area contributed by atoms with Crippen molar-refractivity contribution >= 4 is 17.3 Å². The van der Waals surface area contributed by atoms with Crippen LogP contribution in [0.2, 0.25) is 0 Å². The van der Waals surface area contributed by atoms with Gasteiger partial charge in [-0.1, -0.05) is 30.3 Å². The lowest BCUT2D eigenvalue weighted by Crippen LogP contribution is -2.17. The van der Waals surface area contributed by atoms with Crippen molar-refractivity contribution in [2.75, 3.05) is 17.2 Å². The molecule has 0 spiro atoms. The lowest BCUT2D eigenvalue weighted by atomic mass is 9.97. The highest BCUT2D eigenvalue weighted by atomic mass is 16.1. The van der Waals surface area contributed by atoms with E-state index in [9.17, 15) is 4.79 Å². The summed E-state index contributed by atoms with van der Waals surface area (Å²) in [5.41, 5.74) is 5.57. The van der Waals surface area contributed by atoms with Crippen molar-refractivity contribution in [3.63, 3.8) is 0 Å². The summed E-state index contributed by atoms with van der Waals surface area (Å²) in [4.78, 5) is 12.3. The summed E-state index contributed by atoms with van der Waals surface area (Å²) >= 11 is 0. The molecule has 0 aromatic heterocycles. The first-order valence-corrected chi connectivity index (χ1v) is 7.33. The molecule has 2 aromatic rings. The Morgan fingerprint density at radius 1 is 1.24 bits per heavy atom. The lowest BCUT2D eigenvalue weighted by molar-refractivity contribution is -0.116. The average molecular weight is 280 g/mol. The Labute approximate surface area is 125 Å². The Morgan fingerprint density at radius 2 is 2.05 bits per heavy atom. The van der Waals surface area contributed by atoms with E-state index in [1.54, 1.807) is 0 Å². The number of hydrogen-bond acceptors (Lipinski definition) is 2. The van der Waals surface area contributed by atoms with Gasteiger partial charge in [0.05, 0.1) is 0 Å². The second-order valence-corrected chi connectivity index (χ2v) is 5.74. The maximum absolute atomic E-state index is 12.3. The van der Waals surface area contributed by atoms with Crippen LogP contribution in [0.1, 0.15) is 29.0 Å². The van der Waals surface area contributed by atoms with Crippen molar-refractivity contribution in [3.05, 3.63) is 59.2 Å². The topological polar surface area (TPSA) is 41.1 Å². The third kappa shape index (κ3) is 2.92. The Morgan fingerprint density at radius 3 is 2.90 bits per heavy atom. The van der Waals surface area contributed by atoms with E-state index in [1.165, 1.54) is 5.56 Å². The second kappa shape index (κ2) is 5.60. The molecule has 1 atom stereocenters. The zero-order valence-corrected chi connectivity index (χ0v) is 12.4. The van der Waals surface area contributed by atoms with E-state index < -0.39 is 0 Å². The number of anilines is 2. The van der Waals surface area contributed by atoms with Crippen LogP contribution in [-0.4, -0.2) is 12.5 Å². The van der Waals surface area contributed by atoms with Crippen molar-refractivity contribution in [1.29, 1.82) is 0 Å². The van der Waals surface area contributed by atoms with Gasteiger partial charge >= 0.3 is 0 Å². The standard InChI is InChI=1S/C18H20N2O/c1-12-7-8-13(2)17(9-12)20-18(21)10-14-11-19-16-6-4-3-5-15(14)16/h3-9,14,19H,10-11H2,1-2H3,(H,20,21). The summed E-state index contributed by atoms with van der Waals surface area (Å²) in [6.07, 6.45) is 0.511. The van der Waals surface area contributed by atoms with E-state index in [0.29, 0.717) is 6.42 Å². The molecule has 0 saturated heterocycles. The van der Waals surface area contributed by atoms with E-state index in [4.69, 9.17) is 0 Å². The number of hydrogen-bond donors (Lipinski definition) is 2. The summed E-state index contributed by atoms with van der Waals surface area (Å²) < 4.78 is 0. The van der Waals surface area contributed by atoms with Crippen LogP contribution in [-0.2, 0) is 4.79 Å². The number of nitrogens with one attached hydrogen (secondary N) is 2. The predicted molar refractivity (Wildman–Crippen MR) is 86.8 cm³/mol. The van der Waals surface area contributed by atoms with Gasteiger partial charge in [-0.05, 0) is 42.7 Å². The number of carbonyl (C=O) groups is 1. The monoisotopic (exact) mass is 280 g/mol. The number of rotatable bonds is 3. The maximum atomic E-state index is 12.3. The Bertz CT molecular complexity index is 679. The molecule has 1 aliphatic heterocycles. The highest BCUT2D eigenvalue weighted by Gasteiger charge is 2.24. The first-order chi connectivity index (χ1) is 10.1. The van der Waals surface area contributed by atoms with Crippen LogP contribution >= 0.6 is 0 Å². The van der Waals surface area contributed by atoms with Gasteiger partial charge in [0.2, 0.25) is 5.91 Å². The minimum atomic E-state index is 0.0761. The van der Waals surface area contributed by atoms with Gasteiger partial charge in [-0.2, -0.15) is 0 Å². The van der Waals surface area contributed by atoms with Crippen molar-refractivity contribution in [3.8, 4) is 0 Å². The molecule has 3 heteroatoms. The normalized spacial score (nSPS) is 16.2. The summed E-state index contributed by atoms with van der Waals surface area (Å²) in [5.74, 6) is 0.332. The average Bonchev–Trinajstić information content (AvgIpc) is 2.86. The molecule has 3 rings (SSSR count). The molecule has 2 aromatic carbocycles. The van der Waals surface area contributed by atoms with Gasteiger partial charge < -0.3 is 10.6 Å². The van der Waals surface area contributed by atoms with Gasteiger partial charge in [0.1, 0.15) is 0 Å². The van der Waals surface area contributed by atoms with Crippen molar-refractivity contribution in [2.24, 2.45) is 0 Å². The quantitative estimate of drug-likeness (QED) is 0.897. The fraction of sp³-hybridized carbons (Fsp3) is 0.278. The molecule has 2 N–H and O–H groups in total. The summed E-state index contributed by atoms with van der Waals surface area (Å²) in [6, 6.07) is 14.3. The molecule has 0 saturated carbocycles. The van der Waals surface area contributed by atoms with E-state index in [1.807, 2.05) is 38.1 Å². The van der Waals surface area contributed by atoms with E-state index in [0.717, 1.165) is 29.0 Å². The number of aryl methyl sites for hydroxylation is 2. The molecule has 1 aliphatic rings. The van der Waals surface area contributed by atoms with Gasteiger partial charge in [-0.25, -0.2) is 0 Å². The maximum Gasteiger partial charge on any atom is 0.225 e. The molecule has 1 heterocycles. The largest absolute Gasteiger partial charge is 0.384 e. The van der Waals surface area contributed by atoms with E-state index in [2.05, 4.69) is 28.8 Å². The highest BCUT2D eigenvalue weighted by Crippen LogP contribution is 2.33. The van der Waals surface area contributed by atoms with Crippen molar-refractivity contribution in [1.82, 2.24) is 0 Å². The Balaban J connectivity index is 1.69. The van der Waals surface area contributed by atoms with Crippen LogP contribution < -0.4 is 10.6 Å². The Kier molecular flexibility index (Phi) is 3.65. The van der Waals surface area contributed by atoms with Gasteiger partial charge in [0.25, 0.3) is 0 Å². The van der Waals surface area contributed by atoms with Gasteiger partial charge in [0, 0.05) is 30.3 Å². The zero-order chi connectivity index (χ0) is 14.8.